The fourth-order valence-electron chi connectivity index (χ4n) is 1.88. The molecule has 0 aliphatic carbocycles. The van der Waals surface area contributed by atoms with Crippen molar-refractivity contribution in [1.82, 2.24) is 5.32 Å². The van der Waals surface area contributed by atoms with Crippen molar-refractivity contribution in [2.24, 2.45) is 5.92 Å². The van der Waals surface area contributed by atoms with Gasteiger partial charge < -0.3 is 15.4 Å². The summed E-state index contributed by atoms with van der Waals surface area (Å²) in [5, 5.41) is 5.47. The number of nitrogens with one attached hydrogen (secondary N) is 2. The summed E-state index contributed by atoms with van der Waals surface area (Å²) >= 11 is 0. The minimum atomic E-state index is -0.572. The fourth-order valence-corrected chi connectivity index (χ4v) is 1.88. The molecule has 1 aromatic carbocycles. The molecule has 0 heterocycles. The molecule has 0 saturated carbocycles. The minimum Gasteiger partial charge on any atom is -0.495 e. The van der Waals surface area contributed by atoms with Crippen LogP contribution < -0.4 is 15.4 Å². The number of aryl methyl sites for hydroxylation is 1. The van der Waals surface area contributed by atoms with Gasteiger partial charge in [0, 0.05) is 6.92 Å². The number of anilines is 1. The van der Waals surface area contributed by atoms with E-state index < -0.39 is 6.04 Å². The lowest BCUT2D eigenvalue weighted by atomic mass is 10.0. The van der Waals surface area contributed by atoms with Gasteiger partial charge in [-0.15, -0.1) is 0 Å². The van der Waals surface area contributed by atoms with E-state index >= 15 is 0 Å². The predicted molar refractivity (Wildman–Crippen MR) is 78.8 cm³/mol. The Morgan fingerprint density at radius 3 is 2.40 bits per heavy atom. The molecular weight excluding hydrogens is 256 g/mol. The van der Waals surface area contributed by atoms with E-state index in [4.69, 9.17) is 4.74 Å². The van der Waals surface area contributed by atoms with E-state index in [1.165, 1.54) is 6.92 Å². The smallest absolute Gasteiger partial charge is 0.247 e. The molecule has 0 spiro atoms. The summed E-state index contributed by atoms with van der Waals surface area (Å²) in [6.07, 6.45) is 0. The Bertz CT molecular complexity index is 498. The van der Waals surface area contributed by atoms with E-state index in [0.717, 1.165) is 5.56 Å². The van der Waals surface area contributed by atoms with Crippen LogP contribution in [0.5, 0.6) is 5.75 Å². The number of methoxy groups -OCH3 is 1. The van der Waals surface area contributed by atoms with Gasteiger partial charge in [0.1, 0.15) is 11.8 Å². The first-order valence-corrected chi connectivity index (χ1v) is 6.57. The number of hydrogen-bond donors (Lipinski definition) is 2. The van der Waals surface area contributed by atoms with Crippen LogP contribution >= 0.6 is 0 Å². The Morgan fingerprint density at radius 1 is 1.25 bits per heavy atom. The molecule has 1 unspecified atom stereocenters. The van der Waals surface area contributed by atoms with Crippen molar-refractivity contribution in [1.29, 1.82) is 0 Å². The minimum absolute atomic E-state index is 0.00490. The van der Waals surface area contributed by atoms with Crippen molar-refractivity contribution < 1.29 is 14.3 Å². The van der Waals surface area contributed by atoms with Crippen molar-refractivity contribution >= 4 is 17.5 Å². The number of amides is 2. The summed E-state index contributed by atoms with van der Waals surface area (Å²) in [6.45, 7) is 7.10. The molecule has 0 radical (unpaired) electrons. The average Bonchev–Trinajstić information content (AvgIpc) is 2.35. The monoisotopic (exact) mass is 278 g/mol. The molecule has 0 aliphatic rings. The second-order valence-electron chi connectivity index (χ2n) is 5.12. The quantitative estimate of drug-likeness (QED) is 0.866. The second-order valence-corrected chi connectivity index (χ2v) is 5.12. The van der Waals surface area contributed by atoms with Crippen LogP contribution in [0.15, 0.2) is 18.2 Å². The number of ether oxygens (including phenoxy) is 1. The maximum atomic E-state index is 12.3. The zero-order valence-electron chi connectivity index (χ0n) is 12.6. The largest absolute Gasteiger partial charge is 0.495 e. The van der Waals surface area contributed by atoms with Gasteiger partial charge in [0.15, 0.2) is 0 Å². The van der Waals surface area contributed by atoms with E-state index in [1.54, 1.807) is 13.2 Å². The van der Waals surface area contributed by atoms with Crippen molar-refractivity contribution in [2.75, 3.05) is 12.4 Å². The molecule has 0 bridgehead atoms. The summed E-state index contributed by atoms with van der Waals surface area (Å²) < 4.78 is 5.22. The number of hydrogen-bond acceptors (Lipinski definition) is 3. The van der Waals surface area contributed by atoms with E-state index in [-0.39, 0.29) is 17.7 Å². The molecule has 2 N–H and O–H groups in total. The van der Waals surface area contributed by atoms with Gasteiger partial charge in [-0.3, -0.25) is 9.59 Å². The SMILES string of the molecule is COc1ccc(C)cc1NC(=O)C(NC(C)=O)C(C)C. The lowest BCUT2D eigenvalue weighted by Crippen LogP contribution is -2.46. The zero-order chi connectivity index (χ0) is 15.3. The molecule has 5 nitrogen and oxygen atoms in total. The van der Waals surface area contributed by atoms with Gasteiger partial charge in [-0.1, -0.05) is 19.9 Å². The average molecular weight is 278 g/mol. The Labute approximate surface area is 119 Å². The topological polar surface area (TPSA) is 67.4 Å². The fraction of sp³-hybridized carbons (Fsp3) is 0.467. The number of carbonyl (C=O) groups excluding carboxylic acids is 2. The Morgan fingerprint density at radius 2 is 1.90 bits per heavy atom. The standard InChI is InChI=1S/C15H22N2O3/c1-9(2)14(16-11(4)18)15(19)17-12-8-10(3)6-7-13(12)20-5/h6-9,14H,1-5H3,(H,16,18)(H,17,19). The van der Waals surface area contributed by atoms with E-state index in [0.29, 0.717) is 11.4 Å². The molecule has 1 atom stereocenters. The number of benzene rings is 1. The van der Waals surface area contributed by atoms with Gasteiger partial charge in [-0.2, -0.15) is 0 Å². The second kappa shape index (κ2) is 6.93. The summed E-state index contributed by atoms with van der Waals surface area (Å²) in [6, 6.07) is 4.97. The van der Waals surface area contributed by atoms with E-state index in [2.05, 4.69) is 10.6 Å². The molecule has 1 aromatic rings. The first-order chi connectivity index (χ1) is 9.35. The molecule has 1 rings (SSSR count). The molecule has 0 aromatic heterocycles. The van der Waals surface area contributed by atoms with Crippen LogP contribution in [0.2, 0.25) is 0 Å². The first kappa shape index (κ1) is 16.0. The maximum absolute atomic E-state index is 12.3. The molecule has 0 fully saturated rings. The van der Waals surface area contributed by atoms with Crippen LogP contribution in [0.4, 0.5) is 5.69 Å². The third-order valence-corrected chi connectivity index (χ3v) is 2.92. The third kappa shape index (κ3) is 4.26. The van der Waals surface area contributed by atoms with Crippen LogP contribution in [-0.4, -0.2) is 25.0 Å². The summed E-state index contributed by atoms with van der Waals surface area (Å²) in [5.41, 5.74) is 1.62. The molecular formula is C15H22N2O3. The molecule has 5 heteroatoms. The highest BCUT2D eigenvalue weighted by Gasteiger charge is 2.23. The van der Waals surface area contributed by atoms with Crippen LogP contribution in [0, 0.1) is 12.8 Å². The van der Waals surface area contributed by atoms with Crippen LogP contribution in [0.1, 0.15) is 26.3 Å². The van der Waals surface area contributed by atoms with Crippen LogP contribution in [0.25, 0.3) is 0 Å². The lowest BCUT2D eigenvalue weighted by molar-refractivity contribution is -0.126. The molecule has 0 saturated heterocycles. The van der Waals surface area contributed by atoms with Crippen LogP contribution in [-0.2, 0) is 9.59 Å². The summed E-state index contributed by atoms with van der Waals surface area (Å²) in [7, 11) is 1.55. The Kier molecular flexibility index (Phi) is 5.55. The normalized spacial score (nSPS) is 11.9. The number of rotatable bonds is 5. The Balaban J connectivity index is 2.93. The highest BCUT2D eigenvalue weighted by atomic mass is 16.5. The first-order valence-electron chi connectivity index (χ1n) is 6.57. The van der Waals surface area contributed by atoms with Gasteiger partial charge in [0.2, 0.25) is 11.8 Å². The highest BCUT2D eigenvalue weighted by molar-refractivity contribution is 5.98. The van der Waals surface area contributed by atoms with Crippen molar-refractivity contribution in [3.8, 4) is 5.75 Å². The van der Waals surface area contributed by atoms with Gasteiger partial charge in [0.25, 0.3) is 0 Å². The van der Waals surface area contributed by atoms with Gasteiger partial charge >= 0.3 is 0 Å². The lowest BCUT2D eigenvalue weighted by Gasteiger charge is -2.21. The van der Waals surface area contributed by atoms with E-state index in [9.17, 15) is 9.59 Å². The summed E-state index contributed by atoms with van der Waals surface area (Å²) in [5.74, 6) is 0.109. The van der Waals surface area contributed by atoms with Crippen molar-refractivity contribution in [2.45, 2.75) is 33.7 Å². The molecule has 2 amide bonds. The third-order valence-electron chi connectivity index (χ3n) is 2.92. The maximum Gasteiger partial charge on any atom is 0.247 e. The van der Waals surface area contributed by atoms with Gasteiger partial charge in [-0.05, 0) is 30.5 Å². The number of carbonyl (C=O) groups is 2. The molecule has 0 aliphatic heterocycles. The molecule has 110 valence electrons. The van der Waals surface area contributed by atoms with Crippen molar-refractivity contribution in [3.05, 3.63) is 23.8 Å². The van der Waals surface area contributed by atoms with Gasteiger partial charge in [0.05, 0.1) is 12.8 Å². The van der Waals surface area contributed by atoms with Crippen molar-refractivity contribution in [3.63, 3.8) is 0 Å². The molecule has 20 heavy (non-hydrogen) atoms. The van der Waals surface area contributed by atoms with E-state index in [1.807, 2.05) is 32.9 Å². The van der Waals surface area contributed by atoms with Crippen LogP contribution in [0.3, 0.4) is 0 Å². The zero-order valence-corrected chi connectivity index (χ0v) is 12.6. The van der Waals surface area contributed by atoms with Gasteiger partial charge in [-0.25, -0.2) is 0 Å². The Hall–Kier alpha value is -2.04. The predicted octanol–water partition coefficient (Wildman–Crippen LogP) is 2.10. The summed E-state index contributed by atoms with van der Waals surface area (Å²) in [4.78, 5) is 23.5. The highest BCUT2D eigenvalue weighted by Crippen LogP contribution is 2.25.